The van der Waals surface area contributed by atoms with E-state index in [-0.39, 0.29) is 23.2 Å². The van der Waals surface area contributed by atoms with Gasteiger partial charge in [-0.15, -0.1) is 5.10 Å². The standard InChI is InChI=1S/C17H19N5OS/c1-17(2)8-11-13(12(23)9-17)14(10-4-6-18-7-5-10)22-15(19-11)20-16(21-22)24-3/h4-8,13-14H,9H2,1-3H3,(H,19,20,21)/t13-,14-/m1/s1. The van der Waals surface area contributed by atoms with Crippen molar-refractivity contribution in [3.05, 3.63) is 41.9 Å². The number of nitrogens with one attached hydrogen (secondary N) is 1. The average molecular weight is 341 g/mol. The molecule has 1 aliphatic carbocycles. The van der Waals surface area contributed by atoms with Crippen LogP contribution in [-0.2, 0) is 4.79 Å². The summed E-state index contributed by atoms with van der Waals surface area (Å²) < 4.78 is 1.85. The number of aromatic nitrogens is 4. The van der Waals surface area contributed by atoms with Gasteiger partial charge in [0.1, 0.15) is 5.78 Å². The van der Waals surface area contributed by atoms with E-state index in [1.54, 1.807) is 12.4 Å². The second kappa shape index (κ2) is 5.44. The molecule has 0 radical (unpaired) electrons. The van der Waals surface area contributed by atoms with Crippen LogP contribution in [0.2, 0.25) is 0 Å². The van der Waals surface area contributed by atoms with E-state index >= 15 is 0 Å². The first-order valence-electron chi connectivity index (χ1n) is 7.91. The van der Waals surface area contributed by atoms with Gasteiger partial charge in [-0.3, -0.25) is 9.78 Å². The fourth-order valence-corrected chi connectivity index (χ4v) is 3.94. The lowest BCUT2D eigenvalue weighted by Crippen LogP contribution is -2.42. The molecule has 0 saturated carbocycles. The molecule has 2 atom stereocenters. The lowest BCUT2D eigenvalue weighted by Gasteiger charge is -2.40. The van der Waals surface area contributed by atoms with Crippen LogP contribution in [0.3, 0.4) is 0 Å². The minimum Gasteiger partial charge on any atom is -0.328 e. The number of Topliss-reactive ketones (excluding diaryl/α,β-unsaturated/α-hetero) is 1. The first kappa shape index (κ1) is 15.4. The van der Waals surface area contributed by atoms with Crippen molar-refractivity contribution >= 4 is 23.5 Å². The van der Waals surface area contributed by atoms with Gasteiger partial charge in [0.05, 0.1) is 12.0 Å². The molecule has 6 nitrogen and oxygen atoms in total. The lowest BCUT2D eigenvalue weighted by molar-refractivity contribution is -0.125. The van der Waals surface area contributed by atoms with Crippen LogP contribution < -0.4 is 5.32 Å². The Morgan fingerprint density at radius 3 is 2.79 bits per heavy atom. The number of carbonyl (C=O) groups excluding carboxylic acids is 1. The molecule has 0 unspecified atom stereocenters. The number of hydrogen-bond donors (Lipinski definition) is 1. The van der Waals surface area contributed by atoms with Gasteiger partial charge in [-0.05, 0) is 29.4 Å². The summed E-state index contributed by atoms with van der Waals surface area (Å²) >= 11 is 1.49. The predicted molar refractivity (Wildman–Crippen MR) is 92.8 cm³/mol. The minimum absolute atomic E-state index is 0.150. The SMILES string of the molecule is CSc1nc2n(n1)[C@H](c1ccncc1)[C@H]1C(=O)CC(C)(C)C=C1N2. The van der Waals surface area contributed by atoms with E-state index in [1.807, 2.05) is 23.1 Å². The fourth-order valence-electron chi connectivity index (χ4n) is 3.59. The van der Waals surface area contributed by atoms with E-state index < -0.39 is 0 Å². The summed E-state index contributed by atoms with van der Waals surface area (Å²) in [7, 11) is 0. The number of fused-ring (bicyclic) bond motifs is 2. The Morgan fingerprint density at radius 2 is 2.08 bits per heavy atom. The summed E-state index contributed by atoms with van der Waals surface area (Å²) in [5, 5.41) is 8.63. The molecule has 2 aromatic heterocycles. The van der Waals surface area contributed by atoms with Crippen molar-refractivity contribution in [2.24, 2.45) is 11.3 Å². The first-order chi connectivity index (χ1) is 11.5. The highest BCUT2D eigenvalue weighted by Gasteiger charge is 2.44. The van der Waals surface area contributed by atoms with Crippen LogP contribution in [0.4, 0.5) is 5.95 Å². The van der Waals surface area contributed by atoms with E-state index in [1.165, 1.54) is 11.8 Å². The Morgan fingerprint density at radius 1 is 1.33 bits per heavy atom. The van der Waals surface area contributed by atoms with Gasteiger partial charge >= 0.3 is 0 Å². The maximum atomic E-state index is 13.0. The number of nitrogens with zero attached hydrogens (tertiary/aromatic N) is 4. The van der Waals surface area contributed by atoms with Gasteiger partial charge in [0.25, 0.3) is 0 Å². The summed E-state index contributed by atoms with van der Waals surface area (Å²) in [4.78, 5) is 21.6. The van der Waals surface area contributed by atoms with Crippen molar-refractivity contribution < 1.29 is 4.79 Å². The number of pyridine rings is 1. The summed E-state index contributed by atoms with van der Waals surface area (Å²) in [5.41, 5.74) is 1.81. The number of anilines is 1. The van der Waals surface area contributed by atoms with Crippen molar-refractivity contribution in [3.8, 4) is 0 Å². The molecular weight excluding hydrogens is 322 g/mol. The monoisotopic (exact) mass is 341 g/mol. The van der Waals surface area contributed by atoms with Crippen LogP contribution in [0.5, 0.6) is 0 Å². The van der Waals surface area contributed by atoms with Crippen molar-refractivity contribution in [1.29, 1.82) is 0 Å². The highest BCUT2D eigenvalue weighted by molar-refractivity contribution is 7.98. The minimum atomic E-state index is -0.260. The molecular formula is C17H19N5OS. The second-order valence-electron chi connectivity index (χ2n) is 6.93. The maximum Gasteiger partial charge on any atom is 0.227 e. The van der Waals surface area contributed by atoms with Crippen LogP contribution in [0.15, 0.2) is 41.5 Å². The predicted octanol–water partition coefficient (Wildman–Crippen LogP) is 2.91. The Bertz CT molecular complexity index is 827. The molecule has 0 bridgehead atoms. The smallest absolute Gasteiger partial charge is 0.227 e. The number of carbonyl (C=O) groups is 1. The Hall–Kier alpha value is -2.15. The van der Waals surface area contributed by atoms with Crippen LogP contribution in [0.1, 0.15) is 31.9 Å². The van der Waals surface area contributed by atoms with E-state index in [9.17, 15) is 4.79 Å². The molecule has 24 heavy (non-hydrogen) atoms. The number of rotatable bonds is 2. The van der Waals surface area contributed by atoms with Crippen LogP contribution in [0.25, 0.3) is 0 Å². The number of allylic oxidation sites excluding steroid dienone is 2. The van der Waals surface area contributed by atoms with Gasteiger partial charge < -0.3 is 5.32 Å². The van der Waals surface area contributed by atoms with E-state index in [4.69, 9.17) is 0 Å². The molecule has 0 amide bonds. The van der Waals surface area contributed by atoms with Gasteiger partial charge in [0.2, 0.25) is 11.1 Å². The number of hydrogen-bond acceptors (Lipinski definition) is 6. The molecule has 2 aromatic rings. The molecule has 0 fully saturated rings. The molecule has 124 valence electrons. The molecule has 0 aromatic carbocycles. The largest absolute Gasteiger partial charge is 0.328 e. The summed E-state index contributed by atoms with van der Waals surface area (Å²) in [6.07, 6.45) is 8.16. The lowest BCUT2D eigenvalue weighted by atomic mass is 9.72. The molecule has 2 aliphatic rings. The van der Waals surface area contributed by atoms with E-state index in [0.29, 0.717) is 17.5 Å². The topological polar surface area (TPSA) is 72.7 Å². The van der Waals surface area contributed by atoms with Gasteiger partial charge in [0, 0.05) is 24.5 Å². The molecule has 0 saturated heterocycles. The van der Waals surface area contributed by atoms with Crippen molar-refractivity contribution in [1.82, 2.24) is 19.7 Å². The molecule has 0 spiro atoms. The van der Waals surface area contributed by atoms with Crippen molar-refractivity contribution in [3.63, 3.8) is 0 Å². The van der Waals surface area contributed by atoms with Crippen LogP contribution in [-0.4, -0.2) is 31.8 Å². The van der Waals surface area contributed by atoms with Gasteiger partial charge in [-0.2, -0.15) is 4.98 Å². The normalized spacial score (nSPS) is 24.6. The highest BCUT2D eigenvalue weighted by Crippen LogP contribution is 2.45. The molecule has 1 aliphatic heterocycles. The van der Waals surface area contributed by atoms with Crippen molar-refractivity contribution in [2.45, 2.75) is 31.5 Å². The Kier molecular flexibility index (Phi) is 3.49. The van der Waals surface area contributed by atoms with Crippen molar-refractivity contribution in [2.75, 3.05) is 11.6 Å². The van der Waals surface area contributed by atoms with Crippen LogP contribution >= 0.6 is 11.8 Å². The van der Waals surface area contributed by atoms with Gasteiger partial charge in [-0.1, -0.05) is 31.7 Å². The van der Waals surface area contributed by atoms with Gasteiger partial charge in [0.15, 0.2) is 0 Å². The third-order valence-corrected chi connectivity index (χ3v) is 5.07. The maximum absolute atomic E-state index is 13.0. The summed E-state index contributed by atoms with van der Waals surface area (Å²) in [5.74, 6) is 0.664. The summed E-state index contributed by atoms with van der Waals surface area (Å²) in [6.45, 7) is 4.17. The molecule has 4 rings (SSSR count). The fraction of sp³-hybridized carbons (Fsp3) is 0.412. The molecule has 7 heteroatoms. The third-order valence-electron chi connectivity index (χ3n) is 4.54. The Balaban J connectivity index is 1.91. The zero-order valence-electron chi connectivity index (χ0n) is 13.9. The van der Waals surface area contributed by atoms with E-state index in [2.05, 4.69) is 40.3 Å². The highest BCUT2D eigenvalue weighted by atomic mass is 32.2. The first-order valence-corrected chi connectivity index (χ1v) is 9.14. The quantitative estimate of drug-likeness (QED) is 0.847. The molecule has 3 heterocycles. The second-order valence-corrected chi connectivity index (χ2v) is 7.70. The van der Waals surface area contributed by atoms with E-state index in [0.717, 1.165) is 11.3 Å². The number of thioether (sulfide) groups is 1. The van der Waals surface area contributed by atoms with Gasteiger partial charge in [-0.25, -0.2) is 4.68 Å². The summed E-state index contributed by atoms with van der Waals surface area (Å²) in [6, 6.07) is 3.71. The zero-order chi connectivity index (χ0) is 16.9. The molecule has 1 N–H and O–H groups in total. The zero-order valence-corrected chi connectivity index (χ0v) is 14.7. The number of ketones is 1. The Labute approximate surface area is 144 Å². The average Bonchev–Trinajstić information content (AvgIpc) is 2.95. The third kappa shape index (κ3) is 2.43. The van der Waals surface area contributed by atoms with Crippen LogP contribution in [0, 0.1) is 11.3 Å².